The summed E-state index contributed by atoms with van der Waals surface area (Å²) in [7, 11) is 1.71. The summed E-state index contributed by atoms with van der Waals surface area (Å²) in [6, 6.07) is 14.0. The van der Waals surface area contributed by atoms with Gasteiger partial charge >= 0.3 is 0 Å². The zero-order chi connectivity index (χ0) is 19.1. The molecule has 0 bridgehead atoms. The number of hydrogen-bond donors (Lipinski definition) is 3. The number of rotatable bonds is 7. The number of fused-ring (bicyclic) bond motifs is 1. The molecular formula is C20H24N4O2S. The average Bonchev–Trinajstić information content (AvgIpc) is 3.13. The number of nitrogens with zero attached hydrogens (tertiary/aromatic N) is 2. The Bertz CT molecular complexity index is 877. The van der Waals surface area contributed by atoms with Crippen LogP contribution in [0.3, 0.4) is 0 Å². The van der Waals surface area contributed by atoms with E-state index < -0.39 is 6.10 Å². The lowest BCUT2D eigenvalue weighted by atomic mass is 10.2. The standard InChI is InChI=1S/C20H24N4O2S/c1-3-26-19-10-14(8-9-22-19)12-23-20(21-2)24-13-16(25)18-11-15-6-4-5-7-17(15)27-18/h4-11,16,25H,3,12-13H2,1-2H3,(H2,21,23,24). The first kappa shape index (κ1) is 19.1. The Labute approximate surface area is 162 Å². The van der Waals surface area contributed by atoms with Crippen LogP contribution >= 0.6 is 11.3 Å². The van der Waals surface area contributed by atoms with Crippen molar-refractivity contribution in [1.82, 2.24) is 15.6 Å². The van der Waals surface area contributed by atoms with E-state index in [1.165, 1.54) is 4.70 Å². The molecule has 0 spiro atoms. The second kappa shape index (κ2) is 9.34. The number of aliphatic hydroxyl groups excluding tert-OH is 1. The van der Waals surface area contributed by atoms with Crippen LogP contribution in [0.15, 0.2) is 53.7 Å². The van der Waals surface area contributed by atoms with Crippen molar-refractivity contribution in [2.45, 2.75) is 19.6 Å². The van der Waals surface area contributed by atoms with Gasteiger partial charge in [0.25, 0.3) is 0 Å². The monoisotopic (exact) mass is 384 g/mol. The van der Waals surface area contributed by atoms with Crippen LogP contribution < -0.4 is 15.4 Å². The summed E-state index contributed by atoms with van der Waals surface area (Å²) < 4.78 is 6.59. The molecule has 2 aromatic heterocycles. The molecule has 0 saturated carbocycles. The Hall–Kier alpha value is -2.64. The summed E-state index contributed by atoms with van der Waals surface area (Å²) in [5.74, 6) is 1.24. The molecule has 0 fully saturated rings. The lowest BCUT2D eigenvalue weighted by molar-refractivity contribution is 0.184. The van der Waals surface area contributed by atoms with Crippen LogP contribution in [-0.4, -0.2) is 36.2 Å². The minimum Gasteiger partial charge on any atom is -0.478 e. The molecule has 1 atom stereocenters. The zero-order valence-corrected chi connectivity index (χ0v) is 16.3. The number of hydrogen-bond acceptors (Lipinski definition) is 5. The molecule has 0 aliphatic heterocycles. The molecule has 142 valence electrons. The summed E-state index contributed by atoms with van der Waals surface area (Å²) >= 11 is 1.61. The lowest BCUT2D eigenvalue weighted by Gasteiger charge is -2.15. The maximum absolute atomic E-state index is 10.5. The fourth-order valence-corrected chi connectivity index (χ4v) is 3.70. The largest absolute Gasteiger partial charge is 0.478 e. The molecule has 0 radical (unpaired) electrons. The number of aromatic nitrogens is 1. The highest BCUT2D eigenvalue weighted by Gasteiger charge is 2.12. The molecule has 1 aromatic carbocycles. The van der Waals surface area contributed by atoms with Gasteiger partial charge in [0.05, 0.1) is 6.61 Å². The second-order valence-electron chi connectivity index (χ2n) is 5.94. The van der Waals surface area contributed by atoms with Gasteiger partial charge in [-0.05, 0) is 36.1 Å². The fourth-order valence-electron chi connectivity index (χ4n) is 2.65. The van der Waals surface area contributed by atoms with Gasteiger partial charge in [0, 0.05) is 42.0 Å². The van der Waals surface area contributed by atoms with Crippen molar-refractivity contribution < 1.29 is 9.84 Å². The number of ether oxygens (including phenoxy) is 1. The van der Waals surface area contributed by atoms with Crippen molar-refractivity contribution >= 4 is 27.4 Å². The molecule has 3 rings (SSSR count). The highest BCUT2D eigenvalue weighted by molar-refractivity contribution is 7.19. The van der Waals surface area contributed by atoms with Crippen LogP contribution in [0.2, 0.25) is 0 Å². The van der Waals surface area contributed by atoms with Crippen LogP contribution in [0.4, 0.5) is 0 Å². The van der Waals surface area contributed by atoms with Gasteiger partial charge in [-0.3, -0.25) is 4.99 Å². The predicted molar refractivity (Wildman–Crippen MR) is 110 cm³/mol. The van der Waals surface area contributed by atoms with Crippen molar-refractivity contribution in [2.75, 3.05) is 20.2 Å². The summed E-state index contributed by atoms with van der Waals surface area (Å²) in [6.45, 7) is 3.48. The van der Waals surface area contributed by atoms with Crippen LogP contribution in [-0.2, 0) is 6.54 Å². The van der Waals surface area contributed by atoms with E-state index >= 15 is 0 Å². The highest BCUT2D eigenvalue weighted by atomic mass is 32.1. The maximum Gasteiger partial charge on any atom is 0.213 e. The topological polar surface area (TPSA) is 78.8 Å². The van der Waals surface area contributed by atoms with Gasteiger partial charge < -0.3 is 20.5 Å². The molecule has 3 aromatic rings. The van der Waals surface area contributed by atoms with E-state index in [-0.39, 0.29) is 0 Å². The molecule has 0 amide bonds. The van der Waals surface area contributed by atoms with Gasteiger partial charge in [0.15, 0.2) is 5.96 Å². The predicted octanol–water partition coefficient (Wildman–Crippen LogP) is 3.09. The molecule has 0 aliphatic carbocycles. The van der Waals surface area contributed by atoms with Crippen molar-refractivity contribution in [3.8, 4) is 5.88 Å². The normalized spacial score (nSPS) is 12.8. The minimum absolute atomic E-state index is 0.382. The van der Waals surface area contributed by atoms with Crippen molar-refractivity contribution in [3.63, 3.8) is 0 Å². The summed E-state index contributed by atoms with van der Waals surface area (Å²) in [5.41, 5.74) is 1.04. The van der Waals surface area contributed by atoms with Crippen molar-refractivity contribution in [2.24, 2.45) is 4.99 Å². The first-order chi connectivity index (χ1) is 13.2. The number of nitrogens with one attached hydrogen (secondary N) is 2. The van der Waals surface area contributed by atoms with E-state index in [9.17, 15) is 5.11 Å². The molecule has 1 unspecified atom stereocenters. The molecule has 27 heavy (non-hydrogen) atoms. The summed E-state index contributed by atoms with van der Waals surface area (Å²) in [5, 5.41) is 18.0. The van der Waals surface area contributed by atoms with Crippen LogP contribution in [0.1, 0.15) is 23.5 Å². The third-order valence-electron chi connectivity index (χ3n) is 4.01. The van der Waals surface area contributed by atoms with E-state index in [4.69, 9.17) is 4.74 Å². The Morgan fingerprint density at radius 3 is 2.89 bits per heavy atom. The number of pyridine rings is 1. The maximum atomic E-state index is 10.5. The highest BCUT2D eigenvalue weighted by Crippen LogP contribution is 2.29. The van der Waals surface area contributed by atoms with Gasteiger partial charge in [0.1, 0.15) is 6.10 Å². The van der Waals surface area contributed by atoms with E-state index in [0.29, 0.717) is 31.5 Å². The molecule has 6 nitrogen and oxygen atoms in total. The number of aliphatic imine (C=N–C) groups is 1. The Balaban J connectivity index is 1.53. The van der Waals surface area contributed by atoms with Gasteiger partial charge in [-0.15, -0.1) is 11.3 Å². The van der Waals surface area contributed by atoms with Crippen molar-refractivity contribution in [3.05, 3.63) is 59.1 Å². The van der Waals surface area contributed by atoms with Crippen LogP contribution in [0.25, 0.3) is 10.1 Å². The first-order valence-corrected chi connectivity index (χ1v) is 9.70. The summed E-state index contributed by atoms with van der Waals surface area (Å²) in [6.07, 6.45) is 1.13. The van der Waals surface area contributed by atoms with Crippen LogP contribution in [0, 0.1) is 0 Å². The molecule has 7 heteroatoms. The number of benzene rings is 1. The van der Waals surface area contributed by atoms with Gasteiger partial charge in [0.2, 0.25) is 5.88 Å². The molecular weight excluding hydrogens is 360 g/mol. The van der Waals surface area contributed by atoms with E-state index in [2.05, 4.69) is 32.7 Å². The van der Waals surface area contributed by atoms with E-state index in [1.54, 1.807) is 24.6 Å². The third kappa shape index (κ3) is 5.18. The van der Waals surface area contributed by atoms with Gasteiger partial charge in [-0.25, -0.2) is 4.98 Å². The quantitative estimate of drug-likeness (QED) is 0.431. The lowest BCUT2D eigenvalue weighted by Crippen LogP contribution is -2.38. The first-order valence-electron chi connectivity index (χ1n) is 8.88. The van der Waals surface area contributed by atoms with E-state index in [1.807, 2.05) is 37.3 Å². The van der Waals surface area contributed by atoms with E-state index in [0.717, 1.165) is 15.8 Å². The Morgan fingerprint density at radius 2 is 2.11 bits per heavy atom. The number of aliphatic hydroxyl groups is 1. The molecule has 2 heterocycles. The van der Waals surface area contributed by atoms with Crippen molar-refractivity contribution in [1.29, 1.82) is 0 Å². The van der Waals surface area contributed by atoms with Crippen LogP contribution in [0.5, 0.6) is 5.88 Å². The number of guanidine groups is 1. The van der Waals surface area contributed by atoms with Gasteiger partial charge in [-0.1, -0.05) is 18.2 Å². The van der Waals surface area contributed by atoms with Gasteiger partial charge in [-0.2, -0.15) is 0 Å². The Kier molecular flexibility index (Phi) is 6.62. The summed E-state index contributed by atoms with van der Waals surface area (Å²) in [4.78, 5) is 9.31. The SMILES string of the molecule is CCOc1cc(CNC(=NC)NCC(O)c2cc3ccccc3s2)ccn1. The Morgan fingerprint density at radius 1 is 1.26 bits per heavy atom. The third-order valence-corrected chi connectivity index (χ3v) is 5.23. The zero-order valence-electron chi connectivity index (χ0n) is 15.5. The minimum atomic E-state index is -0.591. The molecule has 3 N–H and O–H groups in total. The fraction of sp³-hybridized carbons (Fsp3) is 0.300. The smallest absolute Gasteiger partial charge is 0.213 e. The molecule has 0 aliphatic rings. The second-order valence-corrected chi connectivity index (χ2v) is 7.06. The molecule has 0 saturated heterocycles. The average molecular weight is 385 g/mol. The number of thiophene rings is 1.